The summed E-state index contributed by atoms with van der Waals surface area (Å²) in [6, 6.07) is 9.00. The lowest BCUT2D eigenvalue weighted by atomic mass is 10.1. The number of nitrogens with zero attached hydrogens (tertiary/aromatic N) is 1. The first-order valence-electron chi connectivity index (χ1n) is 6.38. The zero-order chi connectivity index (χ0) is 16.6. The van der Waals surface area contributed by atoms with E-state index in [1.807, 2.05) is 22.6 Å². The summed E-state index contributed by atoms with van der Waals surface area (Å²) in [6.07, 6.45) is 1.30. The van der Waals surface area contributed by atoms with Crippen LogP contribution in [0.3, 0.4) is 0 Å². The van der Waals surface area contributed by atoms with Gasteiger partial charge in [0.2, 0.25) is 0 Å². The molecule has 0 radical (unpaired) electrons. The molecule has 1 N–H and O–H groups in total. The molecule has 2 amide bonds. The number of hydrogen-bond acceptors (Lipinski definition) is 4. The number of benzene rings is 1. The van der Waals surface area contributed by atoms with Crippen molar-refractivity contribution in [3.63, 3.8) is 0 Å². The van der Waals surface area contributed by atoms with Gasteiger partial charge in [0, 0.05) is 0 Å². The van der Waals surface area contributed by atoms with Crippen LogP contribution in [-0.2, 0) is 9.59 Å². The lowest BCUT2D eigenvalue weighted by Crippen LogP contribution is -2.54. The Morgan fingerprint density at radius 1 is 1.22 bits per heavy atom. The van der Waals surface area contributed by atoms with Crippen molar-refractivity contribution in [2.45, 2.75) is 0 Å². The highest BCUT2D eigenvalue weighted by atomic mass is 127. The third-order valence-electron chi connectivity index (χ3n) is 3.08. The van der Waals surface area contributed by atoms with E-state index in [9.17, 15) is 14.0 Å². The average Bonchev–Trinajstić information content (AvgIpc) is 2.91. The molecule has 1 aliphatic heterocycles. The van der Waals surface area contributed by atoms with Gasteiger partial charge in [0.05, 0.1) is 5.69 Å². The van der Waals surface area contributed by atoms with Crippen molar-refractivity contribution in [3.8, 4) is 0 Å². The van der Waals surface area contributed by atoms with Gasteiger partial charge >= 0.3 is 0 Å². The predicted octanol–water partition coefficient (Wildman–Crippen LogP) is 2.85. The Hall–Kier alpha value is -2.07. The van der Waals surface area contributed by atoms with Gasteiger partial charge in [-0.05, 0) is 65.2 Å². The highest BCUT2D eigenvalue weighted by molar-refractivity contribution is 14.1. The molecule has 0 saturated carbocycles. The van der Waals surface area contributed by atoms with E-state index >= 15 is 0 Å². The number of halogens is 2. The van der Waals surface area contributed by atoms with Crippen molar-refractivity contribution >= 4 is 63.5 Å². The molecule has 0 atom stereocenters. The Bertz CT molecular complexity index is 862. The summed E-state index contributed by atoms with van der Waals surface area (Å²) in [4.78, 5) is 25.6. The van der Waals surface area contributed by atoms with E-state index in [0.717, 1.165) is 4.90 Å². The fourth-order valence-corrected chi connectivity index (χ4v) is 2.77. The van der Waals surface area contributed by atoms with Gasteiger partial charge in [-0.25, -0.2) is 9.29 Å². The number of carbonyl (C=O) groups excluding carboxylic acids is 2. The lowest BCUT2D eigenvalue weighted by Gasteiger charge is -2.28. The molecule has 1 saturated heterocycles. The predicted molar refractivity (Wildman–Crippen MR) is 94.0 cm³/mol. The summed E-state index contributed by atoms with van der Waals surface area (Å²) >= 11 is 6.96. The second kappa shape index (κ2) is 6.20. The van der Waals surface area contributed by atoms with Crippen molar-refractivity contribution in [2.24, 2.45) is 0 Å². The van der Waals surface area contributed by atoms with Crippen LogP contribution in [0.5, 0.6) is 0 Å². The zero-order valence-corrected chi connectivity index (χ0v) is 14.4. The Morgan fingerprint density at radius 3 is 2.61 bits per heavy atom. The van der Waals surface area contributed by atoms with Gasteiger partial charge in [-0.15, -0.1) is 0 Å². The number of rotatable bonds is 2. The molecule has 1 fully saturated rings. The number of furan rings is 1. The first-order chi connectivity index (χ1) is 11.0. The van der Waals surface area contributed by atoms with E-state index in [4.69, 9.17) is 16.6 Å². The van der Waals surface area contributed by atoms with Gasteiger partial charge in [-0.2, -0.15) is 0 Å². The highest BCUT2D eigenvalue weighted by Gasteiger charge is 2.35. The van der Waals surface area contributed by atoms with Crippen molar-refractivity contribution in [1.82, 2.24) is 5.32 Å². The Balaban J connectivity index is 2.04. The molecule has 23 heavy (non-hydrogen) atoms. The largest absolute Gasteiger partial charge is 0.451 e. The summed E-state index contributed by atoms with van der Waals surface area (Å²) < 4.78 is 19.9. The smallest absolute Gasteiger partial charge is 0.270 e. The average molecular weight is 442 g/mol. The van der Waals surface area contributed by atoms with Crippen molar-refractivity contribution in [3.05, 3.63) is 57.3 Å². The van der Waals surface area contributed by atoms with E-state index in [1.165, 1.54) is 24.3 Å². The number of para-hydroxylation sites is 1. The quantitative estimate of drug-likeness (QED) is 0.337. The highest BCUT2D eigenvalue weighted by Crippen LogP contribution is 2.24. The molecule has 0 unspecified atom stereocenters. The van der Waals surface area contributed by atoms with Gasteiger partial charge in [-0.3, -0.25) is 14.9 Å². The molecular weight excluding hydrogens is 434 g/mol. The minimum absolute atomic E-state index is 0.0255. The number of amides is 2. The maximum atomic E-state index is 14.0. The third-order valence-corrected chi connectivity index (χ3v) is 3.94. The Morgan fingerprint density at radius 2 is 1.96 bits per heavy atom. The monoisotopic (exact) mass is 442 g/mol. The normalized spacial score (nSPS) is 16.9. The van der Waals surface area contributed by atoms with E-state index in [0.29, 0.717) is 9.53 Å². The van der Waals surface area contributed by atoms with Crippen LogP contribution < -0.4 is 10.2 Å². The topological polar surface area (TPSA) is 62.6 Å². The summed E-state index contributed by atoms with van der Waals surface area (Å²) in [7, 11) is 0. The van der Waals surface area contributed by atoms with Crippen LogP contribution in [0.1, 0.15) is 5.76 Å². The standard InChI is InChI=1S/C15H8FIN2O3S/c16-10-3-1-2-4-11(10)19-14(21)9(13(20)18-15(19)23)7-8-5-6-12(17)22-8/h1-7H,(H,18,20,23)/b9-7+. The molecule has 1 aromatic carbocycles. The molecule has 2 aromatic rings. The molecule has 1 aliphatic rings. The van der Waals surface area contributed by atoms with Gasteiger partial charge < -0.3 is 4.42 Å². The van der Waals surface area contributed by atoms with E-state index in [-0.39, 0.29) is 16.4 Å². The van der Waals surface area contributed by atoms with E-state index < -0.39 is 17.6 Å². The molecule has 1 aromatic heterocycles. The van der Waals surface area contributed by atoms with Gasteiger partial charge in [0.1, 0.15) is 17.2 Å². The summed E-state index contributed by atoms with van der Waals surface area (Å²) in [5.41, 5.74) is -0.213. The van der Waals surface area contributed by atoms with Crippen LogP contribution in [0.15, 0.2) is 46.4 Å². The van der Waals surface area contributed by atoms with Crippen LogP contribution in [0.4, 0.5) is 10.1 Å². The Kier molecular flexibility index (Phi) is 4.26. The molecule has 0 bridgehead atoms. The van der Waals surface area contributed by atoms with Gasteiger partial charge in [0.25, 0.3) is 11.8 Å². The molecule has 0 spiro atoms. The summed E-state index contributed by atoms with van der Waals surface area (Å²) in [5, 5.41) is 2.21. The van der Waals surface area contributed by atoms with E-state index in [1.54, 1.807) is 18.2 Å². The lowest BCUT2D eigenvalue weighted by molar-refractivity contribution is -0.122. The number of carbonyl (C=O) groups is 2. The minimum atomic E-state index is -0.713. The minimum Gasteiger partial charge on any atom is -0.451 e. The number of nitrogens with one attached hydrogen (secondary N) is 1. The van der Waals surface area contributed by atoms with Crippen molar-refractivity contribution < 1.29 is 18.4 Å². The number of hydrogen-bond donors (Lipinski definition) is 1. The summed E-state index contributed by atoms with van der Waals surface area (Å²) in [6.45, 7) is 0. The van der Waals surface area contributed by atoms with Crippen molar-refractivity contribution in [1.29, 1.82) is 0 Å². The van der Waals surface area contributed by atoms with Crippen LogP contribution in [0.25, 0.3) is 6.08 Å². The fraction of sp³-hybridized carbons (Fsp3) is 0. The van der Waals surface area contributed by atoms with E-state index in [2.05, 4.69) is 5.32 Å². The second-order valence-electron chi connectivity index (χ2n) is 4.55. The molecule has 116 valence electrons. The molecule has 5 nitrogen and oxygen atoms in total. The molecule has 0 aliphatic carbocycles. The third kappa shape index (κ3) is 3.04. The summed E-state index contributed by atoms with van der Waals surface area (Å²) in [5.74, 6) is -1.64. The van der Waals surface area contributed by atoms with Crippen LogP contribution in [-0.4, -0.2) is 16.9 Å². The van der Waals surface area contributed by atoms with Crippen LogP contribution in [0, 0.1) is 9.58 Å². The SMILES string of the molecule is O=C1NC(=S)N(c2ccccc2F)C(=O)/C1=C/c1ccc(I)o1. The second-order valence-corrected chi connectivity index (χ2v) is 6.00. The zero-order valence-electron chi connectivity index (χ0n) is 11.4. The first kappa shape index (κ1) is 15.8. The fourth-order valence-electron chi connectivity index (χ4n) is 2.06. The maximum Gasteiger partial charge on any atom is 0.270 e. The number of anilines is 1. The first-order valence-corrected chi connectivity index (χ1v) is 7.87. The Labute approximate surface area is 149 Å². The molecular formula is C15H8FIN2O3S. The maximum absolute atomic E-state index is 14.0. The molecule has 3 rings (SSSR count). The molecule has 2 heterocycles. The molecule has 8 heteroatoms. The number of thiocarbonyl (C=S) groups is 1. The van der Waals surface area contributed by atoms with Crippen LogP contribution >= 0.6 is 34.8 Å². The van der Waals surface area contributed by atoms with Gasteiger partial charge in [0.15, 0.2) is 8.88 Å². The van der Waals surface area contributed by atoms with Crippen molar-refractivity contribution in [2.75, 3.05) is 4.90 Å². The van der Waals surface area contributed by atoms with Gasteiger partial charge in [-0.1, -0.05) is 12.1 Å². The van der Waals surface area contributed by atoms with Crippen LogP contribution in [0.2, 0.25) is 0 Å².